The smallest absolute Gasteiger partial charge is 0.325 e. The molecule has 0 radical (unpaired) electrons. The predicted octanol–water partition coefficient (Wildman–Crippen LogP) is 1.49. The highest BCUT2D eigenvalue weighted by atomic mass is 32.2. The molecule has 130 valence electrons. The number of likely N-dealkylation sites (N-methyl/N-ethyl adjacent to an activating group) is 1. The molecular weight excluding hydrogens is 316 g/mol. The SMILES string of the molecule is CCCCCN1C(SCCOCC)=NC2C1C(=O)NC(=O)N2C. The lowest BCUT2D eigenvalue weighted by molar-refractivity contribution is -0.127. The van der Waals surface area contributed by atoms with Crippen LogP contribution >= 0.6 is 11.8 Å². The lowest BCUT2D eigenvalue weighted by Gasteiger charge is -2.36. The number of amides is 3. The quantitative estimate of drug-likeness (QED) is 0.677. The molecule has 2 unspecified atom stereocenters. The lowest BCUT2D eigenvalue weighted by atomic mass is 10.1. The van der Waals surface area contributed by atoms with Crippen molar-refractivity contribution in [1.82, 2.24) is 15.1 Å². The fourth-order valence-corrected chi connectivity index (χ4v) is 3.66. The molecule has 2 aliphatic heterocycles. The largest absolute Gasteiger partial charge is 0.381 e. The van der Waals surface area contributed by atoms with Crippen LogP contribution in [0.4, 0.5) is 4.79 Å². The molecule has 0 aromatic heterocycles. The number of carbonyl (C=O) groups is 2. The standard InChI is InChI=1S/C15H26N4O3S/c1-4-6-7-8-19-11-12(18(3)14(21)17-13(11)20)16-15(19)23-10-9-22-5-2/h11-12H,4-10H2,1-3H3,(H,17,20,21). The Labute approximate surface area is 141 Å². The van der Waals surface area contributed by atoms with Crippen LogP contribution in [0.3, 0.4) is 0 Å². The van der Waals surface area contributed by atoms with Gasteiger partial charge in [-0.05, 0) is 13.3 Å². The molecule has 2 aliphatic rings. The summed E-state index contributed by atoms with van der Waals surface area (Å²) in [5, 5.41) is 3.26. The number of rotatable bonds is 8. The fourth-order valence-electron chi connectivity index (χ4n) is 2.72. The van der Waals surface area contributed by atoms with Gasteiger partial charge in [-0.25, -0.2) is 9.79 Å². The van der Waals surface area contributed by atoms with Crippen LogP contribution in [0.5, 0.6) is 0 Å². The molecule has 1 saturated heterocycles. The summed E-state index contributed by atoms with van der Waals surface area (Å²) < 4.78 is 5.37. The van der Waals surface area contributed by atoms with Gasteiger partial charge in [-0.1, -0.05) is 31.5 Å². The molecule has 0 bridgehead atoms. The van der Waals surface area contributed by atoms with E-state index < -0.39 is 12.2 Å². The van der Waals surface area contributed by atoms with E-state index in [0.717, 1.165) is 36.7 Å². The van der Waals surface area contributed by atoms with Crippen LogP contribution in [0.2, 0.25) is 0 Å². The number of unbranched alkanes of at least 4 members (excludes halogenated alkanes) is 2. The normalized spacial score (nSPS) is 23.9. The summed E-state index contributed by atoms with van der Waals surface area (Å²) in [4.78, 5) is 32.3. The number of thioether (sulfide) groups is 1. The van der Waals surface area contributed by atoms with Gasteiger partial charge in [-0.3, -0.25) is 10.1 Å². The van der Waals surface area contributed by atoms with Gasteiger partial charge in [0.15, 0.2) is 17.4 Å². The second-order valence-electron chi connectivity index (χ2n) is 5.62. The van der Waals surface area contributed by atoms with Crippen LogP contribution in [0.25, 0.3) is 0 Å². The first kappa shape index (κ1) is 18.1. The van der Waals surface area contributed by atoms with Crippen LogP contribution in [-0.4, -0.2) is 71.7 Å². The second-order valence-corrected chi connectivity index (χ2v) is 6.68. The summed E-state index contributed by atoms with van der Waals surface area (Å²) in [6.07, 6.45) is 2.82. The van der Waals surface area contributed by atoms with E-state index >= 15 is 0 Å². The summed E-state index contributed by atoms with van der Waals surface area (Å²) >= 11 is 1.59. The van der Waals surface area contributed by atoms with Crippen LogP contribution in [0.15, 0.2) is 4.99 Å². The molecule has 2 rings (SSSR count). The average Bonchev–Trinajstić information content (AvgIpc) is 2.89. The Morgan fingerprint density at radius 3 is 2.78 bits per heavy atom. The van der Waals surface area contributed by atoms with E-state index in [1.54, 1.807) is 18.8 Å². The molecule has 0 aromatic carbocycles. The van der Waals surface area contributed by atoms with Crippen LogP contribution in [-0.2, 0) is 9.53 Å². The molecule has 0 aromatic rings. The second kappa shape index (κ2) is 8.54. The Morgan fingerprint density at radius 2 is 2.09 bits per heavy atom. The first-order chi connectivity index (χ1) is 11.1. The first-order valence-electron chi connectivity index (χ1n) is 8.22. The fraction of sp³-hybridized carbons (Fsp3) is 0.800. The predicted molar refractivity (Wildman–Crippen MR) is 91.5 cm³/mol. The number of ether oxygens (including phenoxy) is 1. The van der Waals surface area contributed by atoms with Gasteiger partial charge in [0.2, 0.25) is 0 Å². The van der Waals surface area contributed by atoms with Crippen LogP contribution in [0, 0.1) is 0 Å². The Bertz CT molecular complexity index is 472. The third-order valence-corrected chi connectivity index (χ3v) is 4.96. The van der Waals surface area contributed by atoms with Crippen LogP contribution in [0.1, 0.15) is 33.1 Å². The molecular formula is C15H26N4O3S. The Hall–Kier alpha value is -1.28. The van der Waals surface area contributed by atoms with Crippen molar-refractivity contribution in [2.45, 2.75) is 45.3 Å². The van der Waals surface area contributed by atoms with Gasteiger partial charge in [0.25, 0.3) is 5.91 Å². The van der Waals surface area contributed by atoms with Crippen molar-refractivity contribution in [2.75, 3.05) is 32.6 Å². The van der Waals surface area contributed by atoms with E-state index in [-0.39, 0.29) is 11.9 Å². The van der Waals surface area contributed by atoms with Gasteiger partial charge in [-0.15, -0.1) is 0 Å². The third kappa shape index (κ3) is 4.17. The molecule has 2 heterocycles. The summed E-state index contributed by atoms with van der Waals surface area (Å²) in [5.41, 5.74) is 0. The van der Waals surface area contributed by atoms with Crippen molar-refractivity contribution in [1.29, 1.82) is 0 Å². The summed E-state index contributed by atoms with van der Waals surface area (Å²) in [7, 11) is 1.68. The minimum atomic E-state index is -0.424. The van der Waals surface area contributed by atoms with E-state index in [2.05, 4.69) is 22.1 Å². The number of hydrogen-bond acceptors (Lipinski definition) is 6. The maximum absolute atomic E-state index is 12.3. The number of urea groups is 1. The Balaban J connectivity index is 2.08. The number of fused-ring (bicyclic) bond motifs is 1. The van der Waals surface area contributed by atoms with E-state index in [4.69, 9.17) is 4.74 Å². The third-order valence-electron chi connectivity index (χ3n) is 3.99. The minimum absolute atomic E-state index is 0.251. The lowest BCUT2D eigenvalue weighted by Crippen LogP contribution is -2.63. The molecule has 23 heavy (non-hydrogen) atoms. The van der Waals surface area contributed by atoms with Crippen molar-refractivity contribution >= 4 is 28.9 Å². The van der Waals surface area contributed by atoms with Crippen molar-refractivity contribution in [3.8, 4) is 0 Å². The molecule has 7 nitrogen and oxygen atoms in total. The molecule has 1 fully saturated rings. The minimum Gasteiger partial charge on any atom is -0.381 e. The van der Waals surface area contributed by atoms with Crippen molar-refractivity contribution in [3.05, 3.63) is 0 Å². The molecule has 3 amide bonds. The number of nitrogens with zero attached hydrogens (tertiary/aromatic N) is 3. The number of imide groups is 1. The summed E-state index contributed by atoms with van der Waals surface area (Å²) in [5.74, 6) is 0.536. The topological polar surface area (TPSA) is 74.2 Å². The van der Waals surface area contributed by atoms with Gasteiger partial charge in [-0.2, -0.15) is 0 Å². The highest BCUT2D eigenvalue weighted by Crippen LogP contribution is 2.28. The number of amidine groups is 1. The zero-order chi connectivity index (χ0) is 16.8. The van der Waals surface area contributed by atoms with Crippen molar-refractivity contribution < 1.29 is 14.3 Å². The van der Waals surface area contributed by atoms with Crippen molar-refractivity contribution in [3.63, 3.8) is 0 Å². The molecule has 0 saturated carbocycles. The Morgan fingerprint density at radius 1 is 1.30 bits per heavy atom. The van der Waals surface area contributed by atoms with E-state index in [9.17, 15) is 9.59 Å². The number of hydrogen-bond donors (Lipinski definition) is 1. The van der Waals surface area contributed by atoms with Crippen molar-refractivity contribution in [2.24, 2.45) is 4.99 Å². The van der Waals surface area contributed by atoms with Gasteiger partial charge >= 0.3 is 6.03 Å². The Kier molecular flexibility index (Phi) is 6.71. The van der Waals surface area contributed by atoms with Gasteiger partial charge in [0.1, 0.15) is 0 Å². The monoisotopic (exact) mass is 342 g/mol. The van der Waals surface area contributed by atoms with Gasteiger partial charge in [0.05, 0.1) is 6.61 Å². The number of nitrogens with one attached hydrogen (secondary N) is 1. The zero-order valence-electron chi connectivity index (χ0n) is 14.1. The zero-order valence-corrected chi connectivity index (χ0v) is 14.9. The van der Waals surface area contributed by atoms with E-state index in [0.29, 0.717) is 13.2 Å². The number of aliphatic imine (C=N–C) groups is 1. The molecule has 0 spiro atoms. The maximum Gasteiger partial charge on any atom is 0.325 e. The highest BCUT2D eigenvalue weighted by Gasteiger charge is 2.48. The summed E-state index contributed by atoms with van der Waals surface area (Å²) in [6, 6.07) is -0.793. The molecule has 8 heteroatoms. The first-order valence-corrected chi connectivity index (χ1v) is 9.21. The maximum atomic E-state index is 12.3. The van der Waals surface area contributed by atoms with E-state index in [1.807, 2.05) is 6.92 Å². The molecule has 0 aliphatic carbocycles. The van der Waals surface area contributed by atoms with Gasteiger partial charge < -0.3 is 14.5 Å². The van der Waals surface area contributed by atoms with Gasteiger partial charge in [0, 0.05) is 26.0 Å². The average molecular weight is 342 g/mol. The van der Waals surface area contributed by atoms with Crippen LogP contribution < -0.4 is 5.32 Å². The highest BCUT2D eigenvalue weighted by molar-refractivity contribution is 8.13. The molecule has 1 N–H and O–H groups in total. The summed E-state index contributed by atoms with van der Waals surface area (Å²) in [6.45, 7) is 6.25. The molecule has 2 atom stereocenters. The van der Waals surface area contributed by atoms with E-state index in [1.165, 1.54) is 4.90 Å². The number of carbonyl (C=O) groups excluding carboxylic acids is 2.